The molecule has 0 aliphatic rings. The van der Waals surface area contributed by atoms with Gasteiger partial charge in [0.1, 0.15) is 11.6 Å². The molecule has 1 aromatic heterocycles. The molecule has 1 aromatic carbocycles. The molecule has 2 aromatic rings. The van der Waals surface area contributed by atoms with Crippen LogP contribution in [0.25, 0.3) is 0 Å². The number of benzene rings is 1. The van der Waals surface area contributed by atoms with Crippen LogP contribution in [0.2, 0.25) is 0 Å². The zero-order valence-electron chi connectivity index (χ0n) is 10.5. The average Bonchev–Trinajstić information content (AvgIpc) is 2.29. The minimum Gasteiger partial charge on any atom is -0.383 e. The van der Waals surface area contributed by atoms with Gasteiger partial charge in [0.25, 0.3) is 0 Å². The van der Waals surface area contributed by atoms with Crippen molar-refractivity contribution < 1.29 is 13.2 Å². The molecule has 20 heavy (non-hydrogen) atoms. The number of nitrogens with zero attached hydrogens (tertiary/aromatic N) is 2. The summed E-state index contributed by atoms with van der Waals surface area (Å²) in [6.07, 6.45) is -4.41. The quantitative estimate of drug-likeness (QED) is 0.788. The van der Waals surface area contributed by atoms with Crippen molar-refractivity contribution in [2.75, 3.05) is 16.8 Å². The number of hydrogen-bond donors (Lipinski definition) is 3. The van der Waals surface area contributed by atoms with Crippen molar-refractivity contribution >= 4 is 23.3 Å². The number of halogens is 3. The number of rotatable bonds is 2. The summed E-state index contributed by atoms with van der Waals surface area (Å²) >= 11 is 0. The highest BCUT2D eigenvalue weighted by Crippen LogP contribution is 2.34. The van der Waals surface area contributed by atoms with Crippen LogP contribution < -0.4 is 16.8 Å². The van der Waals surface area contributed by atoms with Gasteiger partial charge < -0.3 is 16.8 Å². The van der Waals surface area contributed by atoms with Crippen LogP contribution in [0.5, 0.6) is 0 Å². The summed E-state index contributed by atoms with van der Waals surface area (Å²) in [4.78, 5) is 7.51. The van der Waals surface area contributed by atoms with E-state index in [9.17, 15) is 13.2 Å². The Morgan fingerprint density at radius 1 is 1.10 bits per heavy atom. The molecule has 0 spiro atoms. The monoisotopic (exact) mass is 283 g/mol. The Hall–Kier alpha value is -2.51. The van der Waals surface area contributed by atoms with Crippen LogP contribution in [0.1, 0.15) is 11.1 Å². The highest BCUT2D eigenvalue weighted by atomic mass is 19.4. The SMILES string of the molecule is Cc1ccc(Nc2cc(N)nc(N)n2)cc1C(F)(F)F. The number of nitrogens with one attached hydrogen (secondary N) is 1. The van der Waals surface area contributed by atoms with Gasteiger partial charge in [0, 0.05) is 11.8 Å². The molecule has 0 saturated carbocycles. The molecule has 0 aliphatic heterocycles. The van der Waals surface area contributed by atoms with Crippen molar-refractivity contribution in [3.63, 3.8) is 0 Å². The second-order valence-electron chi connectivity index (χ2n) is 4.19. The molecule has 0 radical (unpaired) electrons. The van der Waals surface area contributed by atoms with E-state index in [-0.39, 0.29) is 28.8 Å². The molecular weight excluding hydrogens is 271 g/mol. The number of aryl methyl sites for hydroxylation is 1. The molecule has 8 heteroatoms. The second-order valence-corrected chi connectivity index (χ2v) is 4.19. The van der Waals surface area contributed by atoms with E-state index < -0.39 is 11.7 Å². The van der Waals surface area contributed by atoms with Gasteiger partial charge in [0.15, 0.2) is 0 Å². The lowest BCUT2D eigenvalue weighted by atomic mass is 10.1. The van der Waals surface area contributed by atoms with Crippen LogP contribution in [-0.2, 0) is 6.18 Å². The Kier molecular flexibility index (Phi) is 3.39. The molecule has 0 fully saturated rings. The van der Waals surface area contributed by atoms with Crippen LogP contribution in [0.4, 0.5) is 36.4 Å². The van der Waals surface area contributed by atoms with Gasteiger partial charge in [0.05, 0.1) is 5.56 Å². The molecule has 0 aliphatic carbocycles. The van der Waals surface area contributed by atoms with Gasteiger partial charge in [-0.1, -0.05) is 6.07 Å². The first kappa shape index (κ1) is 13.9. The third-order valence-electron chi connectivity index (χ3n) is 2.58. The predicted molar refractivity (Wildman–Crippen MR) is 70.3 cm³/mol. The number of aromatic nitrogens is 2. The van der Waals surface area contributed by atoms with E-state index in [1.807, 2.05) is 0 Å². The lowest BCUT2D eigenvalue weighted by molar-refractivity contribution is -0.138. The molecule has 0 bridgehead atoms. The Morgan fingerprint density at radius 2 is 1.80 bits per heavy atom. The van der Waals surface area contributed by atoms with Crippen LogP contribution in [0.3, 0.4) is 0 Å². The molecule has 1 heterocycles. The normalized spacial score (nSPS) is 11.4. The molecule has 2 rings (SSSR count). The van der Waals surface area contributed by atoms with Crippen molar-refractivity contribution in [2.24, 2.45) is 0 Å². The molecular formula is C12H12F3N5. The summed E-state index contributed by atoms with van der Waals surface area (Å²) < 4.78 is 38.4. The van der Waals surface area contributed by atoms with Crippen LogP contribution in [0.15, 0.2) is 24.3 Å². The second kappa shape index (κ2) is 4.87. The first-order valence-corrected chi connectivity index (χ1v) is 5.60. The van der Waals surface area contributed by atoms with Crippen molar-refractivity contribution in [1.82, 2.24) is 9.97 Å². The number of nitrogens with two attached hydrogens (primary N) is 2. The maximum atomic E-state index is 12.8. The van der Waals surface area contributed by atoms with Crippen molar-refractivity contribution in [1.29, 1.82) is 0 Å². The van der Waals surface area contributed by atoms with Crippen molar-refractivity contribution in [3.8, 4) is 0 Å². The van der Waals surface area contributed by atoms with Crippen LogP contribution in [0, 0.1) is 6.92 Å². The first-order chi connectivity index (χ1) is 9.25. The molecule has 0 amide bonds. The standard InChI is InChI=1S/C12H12F3N5/c1-6-2-3-7(4-8(6)12(13,14)15)18-10-5-9(16)19-11(17)20-10/h2-5H,1H3,(H5,16,17,18,19,20). The van der Waals surface area contributed by atoms with Crippen LogP contribution in [-0.4, -0.2) is 9.97 Å². The molecule has 5 N–H and O–H groups in total. The summed E-state index contributed by atoms with van der Waals surface area (Å²) in [5.41, 5.74) is 10.6. The predicted octanol–water partition coefficient (Wildman–Crippen LogP) is 2.71. The fraction of sp³-hybridized carbons (Fsp3) is 0.167. The summed E-state index contributed by atoms with van der Waals surface area (Å²) in [6, 6.07) is 5.27. The third kappa shape index (κ3) is 3.08. The molecule has 0 saturated heterocycles. The maximum Gasteiger partial charge on any atom is 0.416 e. The molecule has 5 nitrogen and oxygen atoms in total. The van der Waals surface area contributed by atoms with Gasteiger partial charge in [0.2, 0.25) is 5.95 Å². The van der Waals surface area contributed by atoms with Gasteiger partial charge in [-0.3, -0.25) is 0 Å². The fourth-order valence-corrected chi connectivity index (χ4v) is 1.70. The summed E-state index contributed by atoms with van der Waals surface area (Å²) in [6.45, 7) is 1.40. The fourth-order valence-electron chi connectivity index (χ4n) is 1.70. The molecule has 0 atom stereocenters. The largest absolute Gasteiger partial charge is 0.416 e. The Labute approximate surface area is 112 Å². The van der Waals surface area contributed by atoms with Crippen LogP contribution >= 0.6 is 0 Å². The van der Waals surface area contributed by atoms with E-state index in [1.165, 1.54) is 25.1 Å². The van der Waals surface area contributed by atoms with Crippen molar-refractivity contribution in [2.45, 2.75) is 13.1 Å². The lowest BCUT2D eigenvalue weighted by Gasteiger charge is -2.13. The highest BCUT2D eigenvalue weighted by Gasteiger charge is 2.32. The third-order valence-corrected chi connectivity index (χ3v) is 2.58. The van der Waals surface area contributed by atoms with Gasteiger partial charge in [-0.25, -0.2) is 0 Å². The number of alkyl halides is 3. The van der Waals surface area contributed by atoms with Crippen molar-refractivity contribution in [3.05, 3.63) is 35.4 Å². The lowest BCUT2D eigenvalue weighted by Crippen LogP contribution is -2.08. The van der Waals surface area contributed by atoms with E-state index in [2.05, 4.69) is 15.3 Å². The number of nitrogen functional groups attached to an aromatic ring is 2. The Balaban J connectivity index is 2.35. The maximum absolute atomic E-state index is 12.8. The van der Waals surface area contributed by atoms with Gasteiger partial charge in [-0.2, -0.15) is 23.1 Å². The molecule has 106 valence electrons. The summed E-state index contributed by atoms with van der Waals surface area (Å²) in [5, 5.41) is 2.71. The number of hydrogen-bond acceptors (Lipinski definition) is 5. The minimum atomic E-state index is -4.41. The molecule has 0 unspecified atom stereocenters. The van der Waals surface area contributed by atoms with E-state index in [0.717, 1.165) is 6.07 Å². The average molecular weight is 283 g/mol. The topological polar surface area (TPSA) is 89.8 Å². The van der Waals surface area contributed by atoms with E-state index in [0.29, 0.717) is 0 Å². The Bertz CT molecular complexity index is 619. The first-order valence-electron chi connectivity index (χ1n) is 5.60. The zero-order valence-corrected chi connectivity index (χ0v) is 10.5. The summed E-state index contributed by atoms with van der Waals surface area (Å²) in [7, 11) is 0. The van der Waals surface area contributed by atoms with E-state index >= 15 is 0 Å². The van der Waals surface area contributed by atoms with Gasteiger partial charge in [-0.05, 0) is 24.6 Å². The minimum absolute atomic E-state index is 0.0596. The van der Waals surface area contributed by atoms with E-state index in [4.69, 9.17) is 11.5 Å². The Morgan fingerprint density at radius 3 is 2.40 bits per heavy atom. The van der Waals surface area contributed by atoms with Gasteiger partial charge in [-0.15, -0.1) is 0 Å². The summed E-state index contributed by atoms with van der Waals surface area (Å²) in [5.74, 6) is 0.297. The van der Waals surface area contributed by atoms with E-state index in [1.54, 1.807) is 0 Å². The zero-order chi connectivity index (χ0) is 14.9. The smallest absolute Gasteiger partial charge is 0.383 e. The highest BCUT2D eigenvalue weighted by molar-refractivity contribution is 5.61. The number of anilines is 4. The van der Waals surface area contributed by atoms with Gasteiger partial charge >= 0.3 is 6.18 Å².